The van der Waals surface area contributed by atoms with Gasteiger partial charge in [0.2, 0.25) is 0 Å². The predicted octanol–water partition coefficient (Wildman–Crippen LogP) is 3.19. The van der Waals surface area contributed by atoms with Crippen LogP contribution in [0.2, 0.25) is 0 Å². The lowest BCUT2D eigenvalue weighted by Gasteiger charge is -2.36. The molecule has 0 spiro atoms. The van der Waals surface area contributed by atoms with Crippen LogP contribution in [0.15, 0.2) is 53.5 Å². The summed E-state index contributed by atoms with van der Waals surface area (Å²) in [5, 5.41) is 0. The first-order valence-corrected chi connectivity index (χ1v) is 9.34. The summed E-state index contributed by atoms with van der Waals surface area (Å²) in [7, 11) is 4.08. The highest BCUT2D eigenvalue weighted by Crippen LogP contribution is 2.17. The number of nitrogens with zero attached hydrogens (tertiary/aromatic N) is 4. The number of anilines is 2. The third-order valence-corrected chi connectivity index (χ3v) is 4.92. The quantitative estimate of drug-likeness (QED) is 0.392. The minimum Gasteiger partial charge on any atom is -0.378 e. The minimum atomic E-state index is -0.204. The van der Waals surface area contributed by atoms with Crippen LogP contribution >= 0.6 is 24.0 Å². The molecule has 0 unspecified atom stereocenters. The summed E-state index contributed by atoms with van der Waals surface area (Å²) in [4.78, 5) is 11.0. The number of aliphatic imine (C=N–C) groups is 1. The molecule has 0 radical (unpaired) electrons. The average Bonchev–Trinajstić information content (AvgIpc) is 2.69. The van der Waals surface area contributed by atoms with Crippen LogP contribution < -0.4 is 15.5 Å². The maximum Gasteiger partial charge on any atom is 0.191 e. The molecule has 1 aliphatic rings. The van der Waals surface area contributed by atoms with Crippen molar-refractivity contribution in [2.75, 3.05) is 56.6 Å². The molecule has 0 aromatic heterocycles. The van der Waals surface area contributed by atoms with Crippen LogP contribution in [0.5, 0.6) is 0 Å². The minimum absolute atomic E-state index is 0. The second-order valence-electron chi connectivity index (χ2n) is 7.00. The van der Waals surface area contributed by atoms with Crippen LogP contribution in [0.25, 0.3) is 0 Å². The molecule has 0 amide bonds. The van der Waals surface area contributed by atoms with E-state index in [1.807, 2.05) is 26.2 Å². The van der Waals surface area contributed by atoms with Gasteiger partial charge in [-0.3, -0.25) is 4.99 Å². The number of nitrogens with two attached hydrogens (primary N) is 1. The third kappa shape index (κ3) is 5.98. The van der Waals surface area contributed by atoms with Crippen molar-refractivity contribution in [3.05, 3.63) is 59.9 Å². The molecule has 0 aliphatic carbocycles. The second kappa shape index (κ2) is 10.5. The van der Waals surface area contributed by atoms with E-state index in [0.717, 1.165) is 38.3 Å². The Kier molecular flexibility index (Phi) is 8.35. The van der Waals surface area contributed by atoms with Crippen molar-refractivity contribution in [2.45, 2.75) is 6.42 Å². The molecule has 1 heterocycles. The molecule has 3 rings (SSSR count). The number of guanidine groups is 1. The standard InChI is InChI=1S/C21H28FN5.HI/c1-25(2)19-7-3-17(4-8-19)11-12-24-21(23)27-15-13-26(14-16-27)20-9-5-18(22)6-10-20;/h3-10H,11-16H2,1-2H3,(H2,23,24);1H. The summed E-state index contributed by atoms with van der Waals surface area (Å²) in [5.41, 5.74) is 9.69. The molecule has 7 heteroatoms. The van der Waals surface area contributed by atoms with Crippen LogP contribution in [0.3, 0.4) is 0 Å². The predicted molar refractivity (Wildman–Crippen MR) is 127 cm³/mol. The first-order chi connectivity index (χ1) is 13.0. The van der Waals surface area contributed by atoms with Gasteiger partial charge in [-0.1, -0.05) is 12.1 Å². The Morgan fingerprint density at radius 1 is 1.00 bits per heavy atom. The van der Waals surface area contributed by atoms with Gasteiger partial charge in [-0.2, -0.15) is 0 Å². The zero-order valence-electron chi connectivity index (χ0n) is 16.5. The molecule has 0 saturated carbocycles. The molecular formula is C21H29FIN5. The van der Waals surface area contributed by atoms with E-state index < -0.39 is 0 Å². The van der Waals surface area contributed by atoms with E-state index in [9.17, 15) is 4.39 Å². The normalized spacial score (nSPS) is 14.6. The van der Waals surface area contributed by atoms with Crippen molar-refractivity contribution in [1.82, 2.24) is 4.90 Å². The van der Waals surface area contributed by atoms with Gasteiger partial charge < -0.3 is 20.4 Å². The Bertz CT molecular complexity index is 753. The van der Waals surface area contributed by atoms with E-state index >= 15 is 0 Å². The van der Waals surface area contributed by atoms with Gasteiger partial charge in [-0.25, -0.2) is 4.39 Å². The largest absolute Gasteiger partial charge is 0.378 e. The number of rotatable bonds is 5. The summed E-state index contributed by atoms with van der Waals surface area (Å²) in [5.74, 6) is 0.406. The molecule has 152 valence electrons. The summed E-state index contributed by atoms with van der Waals surface area (Å²) >= 11 is 0. The average molecular weight is 497 g/mol. The monoisotopic (exact) mass is 497 g/mol. The van der Waals surface area contributed by atoms with Crippen LogP contribution in [-0.2, 0) is 6.42 Å². The highest BCUT2D eigenvalue weighted by molar-refractivity contribution is 14.0. The van der Waals surface area contributed by atoms with Crippen LogP contribution in [0.4, 0.5) is 15.8 Å². The number of hydrogen-bond acceptors (Lipinski definition) is 3. The molecule has 1 aliphatic heterocycles. The Balaban J connectivity index is 0.00000280. The van der Waals surface area contributed by atoms with Crippen LogP contribution in [0, 0.1) is 5.82 Å². The Labute approximate surface area is 184 Å². The summed E-state index contributed by atoms with van der Waals surface area (Å²) in [6.07, 6.45) is 0.879. The molecule has 1 fully saturated rings. The zero-order valence-corrected chi connectivity index (χ0v) is 18.8. The van der Waals surface area contributed by atoms with Crippen molar-refractivity contribution in [1.29, 1.82) is 0 Å². The number of hydrogen-bond donors (Lipinski definition) is 1. The van der Waals surface area contributed by atoms with E-state index in [-0.39, 0.29) is 29.8 Å². The fourth-order valence-corrected chi connectivity index (χ4v) is 3.21. The number of piperazine rings is 1. The van der Waals surface area contributed by atoms with Crippen molar-refractivity contribution < 1.29 is 4.39 Å². The van der Waals surface area contributed by atoms with E-state index in [1.165, 1.54) is 23.4 Å². The lowest BCUT2D eigenvalue weighted by atomic mass is 10.1. The van der Waals surface area contributed by atoms with Gasteiger partial charge in [0.05, 0.1) is 0 Å². The van der Waals surface area contributed by atoms with Gasteiger partial charge in [0.15, 0.2) is 5.96 Å². The van der Waals surface area contributed by atoms with Gasteiger partial charge >= 0.3 is 0 Å². The molecule has 2 aromatic carbocycles. The fourth-order valence-electron chi connectivity index (χ4n) is 3.21. The zero-order chi connectivity index (χ0) is 19.2. The summed E-state index contributed by atoms with van der Waals surface area (Å²) in [6.45, 7) is 4.04. The van der Waals surface area contributed by atoms with Crippen LogP contribution in [-0.4, -0.2) is 57.7 Å². The molecule has 0 atom stereocenters. The van der Waals surface area contributed by atoms with Crippen molar-refractivity contribution in [3.63, 3.8) is 0 Å². The van der Waals surface area contributed by atoms with E-state index in [1.54, 1.807) is 0 Å². The molecule has 5 nitrogen and oxygen atoms in total. The first-order valence-electron chi connectivity index (χ1n) is 9.34. The smallest absolute Gasteiger partial charge is 0.191 e. The van der Waals surface area contributed by atoms with Gasteiger partial charge in [-0.05, 0) is 48.4 Å². The Hall–Kier alpha value is -2.03. The van der Waals surface area contributed by atoms with Gasteiger partial charge in [0.1, 0.15) is 5.82 Å². The highest BCUT2D eigenvalue weighted by Gasteiger charge is 2.18. The topological polar surface area (TPSA) is 48.1 Å². The SMILES string of the molecule is CN(C)c1ccc(CCN=C(N)N2CCN(c3ccc(F)cc3)CC2)cc1.I. The van der Waals surface area contributed by atoms with E-state index in [2.05, 4.69) is 44.0 Å². The third-order valence-electron chi connectivity index (χ3n) is 4.92. The van der Waals surface area contributed by atoms with Gasteiger partial charge in [-0.15, -0.1) is 24.0 Å². The Morgan fingerprint density at radius 3 is 2.18 bits per heavy atom. The van der Waals surface area contributed by atoms with E-state index in [4.69, 9.17) is 5.73 Å². The highest BCUT2D eigenvalue weighted by atomic mass is 127. The molecular weight excluding hydrogens is 468 g/mol. The van der Waals surface area contributed by atoms with Crippen molar-refractivity contribution in [2.24, 2.45) is 10.7 Å². The Morgan fingerprint density at radius 2 is 1.61 bits per heavy atom. The lowest BCUT2D eigenvalue weighted by molar-refractivity contribution is 0.381. The molecule has 28 heavy (non-hydrogen) atoms. The second-order valence-corrected chi connectivity index (χ2v) is 7.00. The van der Waals surface area contributed by atoms with E-state index in [0.29, 0.717) is 12.5 Å². The van der Waals surface area contributed by atoms with Gasteiger partial charge in [0.25, 0.3) is 0 Å². The number of halogens is 2. The maximum atomic E-state index is 13.1. The summed E-state index contributed by atoms with van der Waals surface area (Å²) in [6, 6.07) is 15.2. The maximum absolute atomic E-state index is 13.1. The molecule has 2 N–H and O–H groups in total. The van der Waals surface area contributed by atoms with Crippen LogP contribution in [0.1, 0.15) is 5.56 Å². The molecule has 2 aromatic rings. The van der Waals surface area contributed by atoms with Gasteiger partial charge in [0, 0.05) is 58.2 Å². The lowest BCUT2D eigenvalue weighted by Crippen LogP contribution is -2.51. The molecule has 1 saturated heterocycles. The summed E-state index contributed by atoms with van der Waals surface area (Å²) < 4.78 is 13.1. The molecule has 0 bridgehead atoms. The fraction of sp³-hybridized carbons (Fsp3) is 0.381. The van der Waals surface area contributed by atoms with Crippen molar-refractivity contribution >= 4 is 41.3 Å². The number of benzene rings is 2. The van der Waals surface area contributed by atoms with Crippen molar-refractivity contribution in [3.8, 4) is 0 Å². The first kappa shape index (κ1) is 22.3.